The first kappa shape index (κ1) is 16.6. The predicted octanol–water partition coefficient (Wildman–Crippen LogP) is 1.61. The second-order valence-corrected chi connectivity index (χ2v) is 6.14. The van der Waals surface area contributed by atoms with Crippen molar-refractivity contribution in [3.8, 4) is 0 Å². The van der Waals surface area contributed by atoms with E-state index >= 15 is 0 Å². The maximum absolute atomic E-state index is 12.6. The Balaban J connectivity index is 1.72. The third-order valence-electron chi connectivity index (χ3n) is 4.31. The number of pyridine rings is 2. The van der Waals surface area contributed by atoms with E-state index in [2.05, 4.69) is 4.98 Å². The lowest BCUT2D eigenvalue weighted by molar-refractivity contribution is -0.0585. The van der Waals surface area contributed by atoms with Crippen molar-refractivity contribution in [1.29, 1.82) is 0 Å². The highest BCUT2D eigenvalue weighted by atomic mass is 16.7. The molecule has 0 bridgehead atoms. The lowest BCUT2D eigenvalue weighted by Gasteiger charge is -2.13. The molecule has 1 aliphatic rings. The quantitative estimate of drug-likeness (QED) is 0.642. The van der Waals surface area contributed by atoms with Crippen LogP contribution in [0.3, 0.4) is 0 Å². The topological polar surface area (TPSA) is 98.6 Å². The van der Waals surface area contributed by atoms with Crippen molar-refractivity contribution in [2.45, 2.75) is 6.92 Å². The summed E-state index contributed by atoms with van der Waals surface area (Å²) in [6, 6.07) is 9.35. The molecule has 1 aromatic carbocycles. The fourth-order valence-electron chi connectivity index (χ4n) is 2.98. The van der Waals surface area contributed by atoms with E-state index in [4.69, 9.17) is 4.84 Å². The number of benzene rings is 1. The Morgan fingerprint density at radius 2 is 1.63 bits per heavy atom. The van der Waals surface area contributed by atoms with Crippen LogP contribution < -0.4 is 5.43 Å². The minimum Gasteiger partial charge on any atom is -0.334 e. The van der Waals surface area contributed by atoms with Gasteiger partial charge in [-0.3, -0.25) is 14.4 Å². The first-order valence-electron chi connectivity index (χ1n) is 8.05. The monoisotopic (exact) mass is 363 g/mol. The summed E-state index contributed by atoms with van der Waals surface area (Å²) < 4.78 is 1.52. The van der Waals surface area contributed by atoms with Crippen molar-refractivity contribution >= 4 is 28.8 Å². The van der Waals surface area contributed by atoms with Gasteiger partial charge < -0.3 is 9.40 Å². The van der Waals surface area contributed by atoms with Gasteiger partial charge in [-0.2, -0.15) is 0 Å². The van der Waals surface area contributed by atoms with Crippen LogP contribution in [0.5, 0.6) is 0 Å². The zero-order valence-electron chi connectivity index (χ0n) is 14.4. The molecule has 3 aromatic rings. The zero-order valence-corrected chi connectivity index (χ0v) is 14.4. The van der Waals surface area contributed by atoms with Gasteiger partial charge in [0.05, 0.1) is 16.5 Å². The predicted molar refractivity (Wildman–Crippen MR) is 94.1 cm³/mol. The minimum absolute atomic E-state index is 0.140. The van der Waals surface area contributed by atoms with Crippen LogP contribution in [-0.2, 0) is 11.9 Å². The number of aryl methyl sites for hydroxylation is 2. The van der Waals surface area contributed by atoms with Crippen molar-refractivity contribution in [2.24, 2.45) is 7.05 Å². The molecule has 0 saturated carbocycles. The van der Waals surface area contributed by atoms with Gasteiger partial charge in [0.25, 0.3) is 11.8 Å². The fourth-order valence-corrected chi connectivity index (χ4v) is 2.98. The van der Waals surface area contributed by atoms with Crippen molar-refractivity contribution in [1.82, 2.24) is 14.6 Å². The number of rotatable bonds is 2. The van der Waals surface area contributed by atoms with Crippen molar-refractivity contribution in [3.63, 3.8) is 0 Å². The molecule has 8 nitrogen and oxygen atoms in total. The van der Waals surface area contributed by atoms with Gasteiger partial charge >= 0.3 is 5.97 Å². The van der Waals surface area contributed by atoms with E-state index in [-0.39, 0.29) is 22.1 Å². The number of hydrogen-bond acceptors (Lipinski definition) is 6. The molecule has 0 radical (unpaired) electrons. The third kappa shape index (κ3) is 2.50. The summed E-state index contributed by atoms with van der Waals surface area (Å²) in [6.45, 7) is 1.79. The highest BCUT2D eigenvalue weighted by Crippen LogP contribution is 2.23. The number of hydroxylamine groups is 2. The molecule has 0 aliphatic carbocycles. The number of nitrogens with zero attached hydrogens (tertiary/aromatic N) is 3. The number of carbonyl (C=O) groups excluding carboxylic acids is 3. The lowest BCUT2D eigenvalue weighted by atomic mass is 10.1. The van der Waals surface area contributed by atoms with Gasteiger partial charge in [0, 0.05) is 18.9 Å². The molecular weight excluding hydrogens is 350 g/mol. The van der Waals surface area contributed by atoms with Crippen molar-refractivity contribution < 1.29 is 19.2 Å². The Hall–Kier alpha value is -3.81. The molecule has 8 heteroatoms. The van der Waals surface area contributed by atoms with Crippen LogP contribution in [0.2, 0.25) is 0 Å². The second-order valence-electron chi connectivity index (χ2n) is 6.14. The Morgan fingerprint density at radius 1 is 1.00 bits per heavy atom. The van der Waals surface area contributed by atoms with Crippen LogP contribution in [0.4, 0.5) is 0 Å². The normalized spacial score (nSPS) is 13.2. The Kier molecular flexibility index (Phi) is 3.62. The first-order chi connectivity index (χ1) is 12.9. The van der Waals surface area contributed by atoms with Crippen LogP contribution in [-0.4, -0.2) is 32.4 Å². The fraction of sp³-hybridized carbons (Fsp3) is 0.105. The van der Waals surface area contributed by atoms with E-state index in [1.807, 2.05) is 0 Å². The number of hydrogen-bond donors (Lipinski definition) is 0. The average molecular weight is 363 g/mol. The molecule has 3 heterocycles. The summed E-state index contributed by atoms with van der Waals surface area (Å²) >= 11 is 0. The molecule has 4 rings (SSSR count). The van der Waals surface area contributed by atoms with Crippen LogP contribution in [0.1, 0.15) is 36.8 Å². The number of carbonyl (C=O) groups is 3. The highest BCUT2D eigenvalue weighted by molar-refractivity contribution is 6.21. The van der Waals surface area contributed by atoms with E-state index in [1.54, 1.807) is 38.2 Å². The van der Waals surface area contributed by atoms with Gasteiger partial charge in [-0.1, -0.05) is 17.2 Å². The molecule has 0 N–H and O–H groups in total. The summed E-state index contributed by atoms with van der Waals surface area (Å²) in [5.74, 6) is -2.59. The smallest absolute Gasteiger partial charge is 0.334 e. The van der Waals surface area contributed by atoms with E-state index in [9.17, 15) is 19.2 Å². The molecule has 1 aliphatic heterocycles. The zero-order chi connectivity index (χ0) is 19.3. The average Bonchev–Trinajstić information content (AvgIpc) is 2.90. The molecule has 2 amide bonds. The molecule has 0 fully saturated rings. The maximum atomic E-state index is 12.6. The van der Waals surface area contributed by atoms with Crippen LogP contribution in [0.25, 0.3) is 11.0 Å². The van der Waals surface area contributed by atoms with Crippen LogP contribution in [0.15, 0.2) is 47.4 Å². The van der Waals surface area contributed by atoms with Crippen molar-refractivity contribution in [3.05, 3.63) is 75.2 Å². The minimum atomic E-state index is -1.09. The number of aromatic nitrogens is 2. The molecule has 27 heavy (non-hydrogen) atoms. The summed E-state index contributed by atoms with van der Waals surface area (Å²) in [5, 5.41) is 0.615. The SMILES string of the molecule is Cc1ccc2c(=O)c(C(=O)ON3C(=O)c4ccccc4C3=O)cn(C)c2n1. The Labute approximate surface area is 152 Å². The summed E-state index contributed by atoms with van der Waals surface area (Å²) in [6.07, 6.45) is 1.28. The third-order valence-corrected chi connectivity index (χ3v) is 4.31. The van der Waals surface area contributed by atoms with Crippen molar-refractivity contribution in [2.75, 3.05) is 0 Å². The van der Waals surface area contributed by atoms with E-state index in [1.165, 1.54) is 22.9 Å². The second kappa shape index (κ2) is 5.87. The standard InChI is InChI=1S/C19H13N3O5/c1-10-7-8-13-15(23)14(9-21(2)16(13)20-10)19(26)27-22-17(24)11-5-3-4-6-12(11)18(22)25/h3-9H,1-2H3. The van der Waals surface area contributed by atoms with E-state index in [0.717, 1.165) is 5.69 Å². The van der Waals surface area contributed by atoms with Gasteiger partial charge in [0.2, 0.25) is 5.43 Å². The molecule has 2 aromatic heterocycles. The highest BCUT2D eigenvalue weighted by Gasteiger charge is 2.39. The van der Waals surface area contributed by atoms with E-state index < -0.39 is 23.2 Å². The first-order valence-corrected chi connectivity index (χ1v) is 8.05. The van der Waals surface area contributed by atoms with Gasteiger partial charge in [-0.05, 0) is 31.2 Å². The molecule has 0 saturated heterocycles. The number of amides is 2. The molecule has 0 atom stereocenters. The number of fused-ring (bicyclic) bond motifs is 2. The van der Waals surface area contributed by atoms with E-state index in [0.29, 0.717) is 10.7 Å². The van der Waals surface area contributed by atoms with Crippen LogP contribution in [0, 0.1) is 6.92 Å². The van der Waals surface area contributed by atoms with Gasteiger partial charge in [-0.15, -0.1) is 0 Å². The maximum Gasteiger partial charge on any atom is 0.369 e. The summed E-state index contributed by atoms with van der Waals surface area (Å²) in [5.41, 5.74) is 0.531. The Bertz CT molecular complexity index is 1180. The largest absolute Gasteiger partial charge is 0.369 e. The lowest BCUT2D eigenvalue weighted by Crippen LogP contribution is -2.34. The molecule has 0 spiro atoms. The van der Waals surface area contributed by atoms with Gasteiger partial charge in [0.15, 0.2) is 0 Å². The molecule has 0 unspecified atom stereocenters. The number of imide groups is 1. The van der Waals surface area contributed by atoms with Gasteiger partial charge in [-0.25, -0.2) is 9.78 Å². The Morgan fingerprint density at radius 3 is 2.26 bits per heavy atom. The summed E-state index contributed by atoms with van der Waals surface area (Å²) in [7, 11) is 1.63. The molecule has 134 valence electrons. The molecular formula is C19H13N3O5. The van der Waals surface area contributed by atoms with Crippen LogP contribution >= 0.6 is 0 Å². The van der Waals surface area contributed by atoms with Gasteiger partial charge in [0.1, 0.15) is 11.2 Å². The summed E-state index contributed by atoms with van der Waals surface area (Å²) in [4.78, 5) is 59.0.